The summed E-state index contributed by atoms with van der Waals surface area (Å²) in [7, 11) is 4.54. The van der Waals surface area contributed by atoms with Crippen molar-refractivity contribution in [2.75, 3.05) is 33.2 Å². The molecule has 272 valence electrons. The molecule has 13 nitrogen and oxygen atoms in total. The number of primary amides is 1. The number of ether oxygens (including phenoxy) is 3. The van der Waals surface area contributed by atoms with Gasteiger partial charge in [-0.15, -0.1) is 0 Å². The summed E-state index contributed by atoms with van der Waals surface area (Å²) in [6.07, 6.45) is 0.714. The van der Waals surface area contributed by atoms with Gasteiger partial charge in [0.25, 0.3) is 0 Å². The van der Waals surface area contributed by atoms with Crippen molar-refractivity contribution in [1.82, 2.24) is 10.6 Å². The van der Waals surface area contributed by atoms with Gasteiger partial charge in [0.15, 0.2) is 17.1 Å². The van der Waals surface area contributed by atoms with Crippen molar-refractivity contribution in [1.29, 1.82) is 0 Å². The van der Waals surface area contributed by atoms with E-state index in [0.29, 0.717) is 74.7 Å². The summed E-state index contributed by atoms with van der Waals surface area (Å²) in [5, 5.41) is 8.69. The lowest BCUT2D eigenvalue weighted by molar-refractivity contribution is -0.123. The fourth-order valence-corrected chi connectivity index (χ4v) is 6.70. The average molecular weight is 719 g/mol. The van der Waals surface area contributed by atoms with E-state index in [9.17, 15) is 24.0 Å². The molecular weight excluding hydrogens is 680 g/mol. The molecule has 1 atom stereocenters. The summed E-state index contributed by atoms with van der Waals surface area (Å²) in [5.41, 5.74) is 9.20. The number of furan rings is 1. The second-order valence-corrected chi connectivity index (χ2v) is 12.5. The third-order valence-corrected chi connectivity index (χ3v) is 9.07. The SMILES string of the molecule is COc1cc2c(c(OC)c1OC)-c1cc3c(CC(=O)NCC(=O)Nc4ccc(C(N)=O)cc4)c(-c4ccccc4)oc3c(=O)cc1C(NC(C)=O)CC2. The van der Waals surface area contributed by atoms with E-state index in [4.69, 9.17) is 24.4 Å². The number of aryl methyl sites for hydroxylation is 1. The molecule has 0 fully saturated rings. The molecule has 0 aliphatic heterocycles. The van der Waals surface area contributed by atoms with Crippen LogP contribution in [-0.2, 0) is 27.2 Å². The van der Waals surface area contributed by atoms with Crippen molar-refractivity contribution < 1.29 is 37.8 Å². The second kappa shape index (κ2) is 15.3. The first-order chi connectivity index (χ1) is 25.5. The highest BCUT2D eigenvalue weighted by molar-refractivity contribution is 5.99. The van der Waals surface area contributed by atoms with E-state index in [1.165, 1.54) is 58.6 Å². The molecule has 6 rings (SSSR count). The molecule has 0 radical (unpaired) electrons. The minimum atomic E-state index is -0.596. The summed E-state index contributed by atoms with van der Waals surface area (Å²) in [4.78, 5) is 64.3. The lowest BCUT2D eigenvalue weighted by Gasteiger charge is -2.20. The lowest BCUT2D eigenvalue weighted by atomic mass is 9.94. The number of hydrogen-bond acceptors (Lipinski definition) is 9. The number of benzene rings is 3. The predicted molar refractivity (Wildman–Crippen MR) is 198 cm³/mol. The monoisotopic (exact) mass is 718 g/mol. The third kappa shape index (κ3) is 7.40. The number of anilines is 1. The van der Waals surface area contributed by atoms with Gasteiger partial charge >= 0.3 is 0 Å². The number of carbonyl (C=O) groups excluding carboxylic acids is 4. The van der Waals surface area contributed by atoms with Crippen LogP contribution in [0, 0.1) is 0 Å². The summed E-state index contributed by atoms with van der Waals surface area (Å²) in [6.45, 7) is 1.06. The third-order valence-electron chi connectivity index (χ3n) is 9.07. The van der Waals surface area contributed by atoms with Gasteiger partial charge in [0.05, 0.1) is 40.3 Å². The highest BCUT2D eigenvalue weighted by Crippen LogP contribution is 2.51. The van der Waals surface area contributed by atoms with Crippen molar-refractivity contribution in [2.24, 2.45) is 5.73 Å². The van der Waals surface area contributed by atoms with E-state index >= 15 is 0 Å². The number of hydrogen-bond donors (Lipinski definition) is 4. The first-order valence-corrected chi connectivity index (χ1v) is 16.8. The molecule has 1 aliphatic rings. The number of rotatable bonds is 11. The van der Waals surface area contributed by atoms with Crippen molar-refractivity contribution >= 4 is 40.3 Å². The molecule has 0 saturated carbocycles. The Bertz CT molecular complexity index is 2300. The molecule has 5 aromatic rings. The minimum Gasteiger partial charge on any atom is -0.493 e. The van der Waals surface area contributed by atoms with Crippen molar-refractivity contribution in [3.63, 3.8) is 0 Å². The molecule has 1 unspecified atom stereocenters. The molecular formula is C40H38N4O9. The van der Waals surface area contributed by atoms with Gasteiger partial charge in [-0.25, -0.2) is 0 Å². The zero-order valence-electron chi connectivity index (χ0n) is 29.6. The molecule has 1 heterocycles. The maximum absolute atomic E-state index is 14.2. The highest BCUT2D eigenvalue weighted by Gasteiger charge is 2.31. The number of amides is 4. The topological polar surface area (TPSA) is 188 Å². The van der Waals surface area contributed by atoms with E-state index < -0.39 is 29.2 Å². The van der Waals surface area contributed by atoms with Crippen LogP contribution in [0.3, 0.4) is 0 Å². The quantitative estimate of drug-likeness (QED) is 0.150. The maximum Gasteiger partial charge on any atom is 0.248 e. The summed E-state index contributed by atoms with van der Waals surface area (Å²) in [5.74, 6) is -0.375. The van der Waals surface area contributed by atoms with Gasteiger partial charge < -0.3 is 40.3 Å². The van der Waals surface area contributed by atoms with E-state index in [2.05, 4.69) is 16.0 Å². The fraction of sp³-hybridized carbons (Fsp3) is 0.225. The Morgan fingerprint density at radius 3 is 2.25 bits per heavy atom. The average Bonchev–Trinajstić information content (AvgIpc) is 3.35. The van der Waals surface area contributed by atoms with E-state index in [1.54, 1.807) is 6.07 Å². The van der Waals surface area contributed by atoms with Gasteiger partial charge in [0.1, 0.15) is 5.76 Å². The van der Waals surface area contributed by atoms with Crippen LogP contribution in [0.5, 0.6) is 17.2 Å². The lowest BCUT2D eigenvalue weighted by Crippen LogP contribution is -2.33. The molecule has 1 aromatic heterocycles. The van der Waals surface area contributed by atoms with Crippen molar-refractivity contribution in [2.45, 2.75) is 32.2 Å². The molecule has 4 amide bonds. The Kier molecular flexibility index (Phi) is 10.5. The van der Waals surface area contributed by atoms with Crippen LogP contribution in [0.15, 0.2) is 82.0 Å². The fourth-order valence-electron chi connectivity index (χ4n) is 6.70. The van der Waals surface area contributed by atoms with Gasteiger partial charge in [-0.2, -0.15) is 0 Å². The van der Waals surface area contributed by atoms with Gasteiger partial charge in [-0.1, -0.05) is 30.3 Å². The zero-order valence-corrected chi connectivity index (χ0v) is 29.6. The van der Waals surface area contributed by atoms with Gasteiger partial charge in [0.2, 0.25) is 34.8 Å². The van der Waals surface area contributed by atoms with Gasteiger partial charge in [-0.3, -0.25) is 24.0 Å². The summed E-state index contributed by atoms with van der Waals surface area (Å²) in [6, 6.07) is 19.7. The highest BCUT2D eigenvalue weighted by atomic mass is 16.5. The van der Waals surface area contributed by atoms with Crippen molar-refractivity contribution in [3.05, 3.63) is 105 Å². The standard InChI is InChI=1S/C40H38N4O9/c1-21(45)43-30-15-12-24-16-32(50-2)38(51-3)39(52-4)35(24)27-17-28-29(36(22-8-6-5-7-9-22)53-37(28)31(46)18-26(27)30)19-33(47)42-20-34(48)44-25-13-10-23(11-14-25)40(41)49/h5-11,13-14,16-18,30H,12,15,19-20H2,1-4H3,(H2,41,49)(H,42,47)(H,43,45)(H,44,48). The normalized spacial score (nSPS) is 13.2. The van der Waals surface area contributed by atoms with Crippen LogP contribution in [0.2, 0.25) is 0 Å². The Morgan fingerprint density at radius 2 is 1.60 bits per heavy atom. The Hall–Kier alpha value is -6.63. The van der Waals surface area contributed by atoms with E-state index in [0.717, 1.165) is 5.56 Å². The van der Waals surface area contributed by atoms with Crippen LogP contribution < -0.4 is 41.3 Å². The Balaban J connectivity index is 1.48. The summed E-state index contributed by atoms with van der Waals surface area (Å²) < 4.78 is 23.7. The van der Waals surface area contributed by atoms with Gasteiger partial charge in [0, 0.05) is 40.3 Å². The first-order valence-electron chi connectivity index (χ1n) is 16.8. The van der Waals surface area contributed by atoms with Crippen LogP contribution in [0.4, 0.5) is 5.69 Å². The smallest absolute Gasteiger partial charge is 0.248 e. The molecule has 5 N–H and O–H groups in total. The molecule has 53 heavy (non-hydrogen) atoms. The number of nitrogens with one attached hydrogen (secondary N) is 3. The van der Waals surface area contributed by atoms with Crippen molar-refractivity contribution in [3.8, 4) is 39.7 Å². The van der Waals surface area contributed by atoms with Crippen LogP contribution in [0.1, 0.15) is 46.4 Å². The number of fused-ring (bicyclic) bond motifs is 4. The minimum absolute atomic E-state index is 0.0134. The molecule has 4 aromatic carbocycles. The largest absolute Gasteiger partial charge is 0.493 e. The van der Waals surface area contributed by atoms with Crippen LogP contribution >= 0.6 is 0 Å². The number of carbonyl (C=O) groups is 4. The maximum atomic E-state index is 14.2. The first kappa shape index (κ1) is 36.2. The van der Waals surface area contributed by atoms with Crippen LogP contribution in [0.25, 0.3) is 33.4 Å². The second-order valence-electron chi connectivity index (χ2n) is 12.5. The van der Waals surface area contributed by atoms with Gasteiger partial charge in [-0.05, 0) is 72.0 Å². The molecule has 0 bridgehead atoms. The summed E-state index contributed by atoms with van der Waals surface area (Å²) >= 11 is 0. The predicted octanol–water partition coefficient (Wildman–Crippen LogP) is 4.67. The Morgan fingerprint density at radius 1 is 0.887 bits per heavy atom. The molecule has 13 heteroatoms. The number of methoxy groups -OCH3 is 3. The van der Waals surface area contributed by atoms with E-state index in [1.807, 2.05) is 36.4 Å². The zero-order chi connectivity index (χ0) is 37.8. The molecule has 1 aliphatic carbocycles. The Labute approximate surface area is 304 Å². The van der Waals surface area contributed by atoms with Crippen LogP contribution in [-0.4, -0.2) is 51.5 Å². The van der Waals surface area contributed by atoms with E-state index in [-0.39, 0.29) is 30.0 Å². The molecule has 0 spiro atoms. The molecule has 0 saturated heterocycles. The number of nitrogens with two attached hydrogens (primary N) is 1.